The minimum Gasteiger partial charge on any atom is -0.452 e. The van der Waals surface area contributed by atoms with E-state index >= 15 is 0 Å². The number of ether oxygens (including phenoxy) is 1. The molecule has 2 heteroatoms. The molecule has 22 heavy (non-hydrogen) atoms. The Balaban J connectivity index is 1.96. The van der Waals surface area contributed by atoms with Crippen LogP contribution in [0.4, 0.5) is 0 Å². The number of carbonyl (C=O) groups excluding carboxylic acids is 1. The number of rotatable bonds is 2. The molecule has 0 amide bonds. The first kappa shape index (κ1) is 14.8. The lowest BCUT2D eigenvalue weighted by Gasteiger charge is -2.27. The smallest absolute Gasteiger partial charge is 0.310 e. The van der Waals surface area contributed by atoms with Crippen molar-refractivity contribution in [1.82, 2.24) is 0 Å². The summed E-state index contributed by atoms with van der Waals surface area (Å²) in [6.45, 7) is 8.13. The fourth-order valence-corrected chi connectivity index (χ4v) is 2.81. The van der Waals surface area contributed by atoms with Crippen molar-refractivity contribution in [3.63, 3.8) is 0 Å². The number of hydrogen-bond donors (Lipinski definition) is 0. The van der Waals surface area contributed by atoms with Crippen molar-refractivity contribution >= 4 is 5.97 Å². The van der Waals surface area contributed by atoms with Crippen LogP contribution in [0.5, 0.6) is 0 Å². The Morgan fingerprint density at radius 3 is 1.86 bits per heavy atom. The van der Waals surface area contributed by atoms with Gasteiger partial charge in [-0.15, -0.1) is 0 Å². The molecule has 0 N–H and O–H groups in total. The second-order valence-corrected chi connectivity index (χ2v) is 7.08. The molecule has 1 aliphatic rings. The van der Waals surface area contributed by atoms with E-state index in [4.69, 9.17) is 4.74 Å². The van der Waals surface area contributed by atoms with Crippen LogP contribution < -0.4 is 0 Å². The maximum absolute atomic E-state index is 12.5. The van der Waals surface area contributed by atoms with Crippen LogP contribution in [0.1, 0.15) is 44.9 Å². The van der Waals surface area contributed by atoms with E-state index in [0.29, 0.717) is 0 Å². The van der Waals surface area contributed by atoms with E-state index in [1.165, 1.54) is 11.1 Å². The van der Waals surface area contributed by atoms with E-state index in [-0.39, 0.29) is 23.4 Å². The van der Waals surface area contributed by atoms with Crippen molar-refractivity contribution in [3.05, 3.63) is 59.7 Å². The van der Waals surface area contributed by atoms with E-state index in [1.807, 2.05) is 31.2 Å². The summed E-state index contributed by atoms with van der Waals surface area (Å²) in [5.74, 6) is -0.281. The molecule has 2 aromatic rings. The lowest BCUT2D eigenvalue weighted by atomic mass is 9.82. The molecule has 2 aromatic carbocycles. The molecule has 1 aliphatic carbocycles. The summed E-state index contributed by atoms with van der Waals surface area (Å²) >= 11 is 0. The highest BCUT2D eigenvalue weighted by Gasteiger charge is 2.35. The van der Waals surface area contributed by atoms with Crippen LogP contribution in [-0.2, 0) is 9.53 Å². The normalized spacial score (nSPS) is 15.1. The molecule has 0 aromatic heterocycles. The number of carbonyl (C=O) groups is 1. The second kappa shape index (κ2) is 5.28. The van der Waals surface area contributed by atoms with E-state index in [2.05, 4.69) is 45.0 Å². The van der Waals surface area contributed by atoms with Crippen LogP contribution in [0.3, 0.4) is 0 Å². The highest BCUT2D eigenvalue weighted by molar-refractivity contribution is 5.80. The van der Waals surface area contributed by atoms with Crippen LogP contribution in [0.25, 0.3) is 11.1 Å². The van der Waals surface area contributed by atoms with Crippen molar-refractivity contribution < 1.29 is 9.53 Å². The van der Waals surface area contributed by atoms with Crippen molar-refractivity contribution in [2.75, 3.05) is 0 Å². The third-order valence-corrected chi connectivity index (χ3v) is 4.66. The van der Waals surface area contributed by atoms with E-state index < -0.39 is 0 Å². The minimum atomic E-state index is -0.287. The molecule has 0 radical (unpaired) electrons. The summed E-state index contributed by atoms with van der Waals surface area (Å²) < 4.78 is 5.91. The molecule has 0 spiro atoms. The van der Waals surface area contributed by atoms with Gasteiger partial charge in [-0.05, 0) is 16.5 Å². The summed E-state index contributed by atoms with van der Waals surface area (Å²) in [6, 6.07) is 16.3. The predicted octanol–water partition coefficient (Wildman–Crippen LogP) is 4.98. The Bertz CT molecular complexity index is 664. The molecule has 0 saturated carbocycles. The quantitative estimate of drug-likeness (QED) is 0.730. The molecule has 0 fully saturated rings. The Kier molecular flexibility index (Phi) is 3.56. The molecule has 3 rings (SSSR count). The SMILES string of the molecule is CC(C(=O)OC1c2ccccc2-c2ccccc21)C(C)(C)C. The van der Waals surface area contributed by atoms with E-state index in [9.17, 15) is 4.79 Å². The zero-order valence-electron chi connectivity index (χ0n) is 13.6. The molecular formula is C20H22O2. The zero-order chi connectivity index (χ0) is 15.9. The van der Waals surface area contributed by atoms with Crippen molar-refractivity contribution in [3.8, 4) is 11.1 Å². The topological polar surface area (TPSA) is 26.3 Å². The fourth-order valence-electron chi connectivity index (χ4n) is 2.81. The number of benzene rings is 2. The molecule has 0 aliphatic heterocycles. The molecule has 0 bridgehead atoms. The summed E-state index contributed by atoms with van der Waals surface area (Å²) in [5.41, 5.74) is 4.39. The van der Waals surface area contributed by atoms with Gasteiger partial charge in [0.2, 0.25) is 0 Å². The minimum absolute atomic E-state index is 0.102. The van der Waals surface area contributed by atoms with Gasteiger partial charge in [-0.2, -0.15) is 0 Å². The maximum Gasteiger partial charge on any atom is 0.310 e. The Morgan fingerprint density at radius 2 is 1.41 bits per heavy atom. The lowest BCUT2D eigenvalue weighted by Crippen LogP contribution is -2.28. The average Bonchev–Trinajstić information content (AvgIpc) is 2.80. The van der Waals surface area contributed by atoms with Gasteiger partial charge in [0.1, 0.15) is 0 Å². The van der Waals surface area contributed by atoms with Crippen LogP contribution >= 0.6 is 0 Å². The van der Waals surface area contributed by atoms with Crippen LogP contribution in [0.15, 0.2) is 48.5 Å². The fraction of sp³-hybridized carbons (Fsp3) is 0.350. The molecule has 0 heterocycles. The summed E-state index contributed by atoms with van der Waals surface area (Å²) in [6.07, 6.45) is -0.287. The standard InChI is InChI=1S/C20H22O2/c1-13(20(2,3)4)19(21)22-18-16-11-7-5-9-14(16)15-10-6-8-12-17(15)18/h5-13,18H,1-4H3. The lowest BCUT2D eigenvalue weighted by molar-refractivity contribution is -0.155. The predicted molar refractivity (Wildman–Crippen MR) is 88.4 cm³/mol. The van der Waals surface area contributed by atoms with Crippen LogP contribution in [0, 0.1) is 11.3 Å². The van der Waals surface area contributed by atoms with Gasteiger partial charge in [0.05, 0.1) is 5.92 Å². The highest BCUT2D eigenvalue weighted by atomic mass is 16.5. The summed E-state index contributed by atoms with van der Waals surface area (Å²) in [4.78, 5) is 12.5. The van der Waals surface area contributed by atoms with Crippen LogP contribution in [-0.4, -0.2) is 5.97 Å². The highest BCUT2D eigenvalue weighted by Crippen LogP contribution is 2.45. The van der Waals surface area contributed by atoms with Crippen molar-refractivity contribution in [1.29, 1.82) is 0 Å². The summed E-state index contributed by atoms with van der Waals surface area (Å²) in [7, 11) is 0. The molecule has 2 nitrogen and oxygen atoms in total. The zero-order valence-corrected chi connectivity index (χ0v) is 13.6. The molecule has 0 saturated heterocycles. The maximum atomic E-state index is 12.5. The molecular weight excluding hydrogens is 272 g/mol. The molecule has 1 unspecified atom stereocenters. The number of fused-ring (bicyclic) bond motifs is 3. The van der Waals surface area contributed by atoms with Gasteiger partial charge in [0.25, 0.3) is 0 Å². The number of esters is 1. The molecule has 114 valence electrons. The third kappa shape index (κ3) is 2.43. The second-order valence-electron chi connectivity index (χ2n) is 7.08. The van der Waals surface area contributed by atoms with Crippen LogP contribution in [0.2, 0.25) is 0 Å². The Morgan fingerprint density at radius 1 is 0.955 bits per heavy atom. The average molecular weight is 294 g/mol. The first-order chi connectivity index (χ1) is 10.4. The van der Waals surface area contributed by atoms with E-state index in [0.717, 1.165) is 11.1 Å². The van der Waals surface area contributed by atoms with Crippen molar-refractivity contribution in [2.24, 2.45) is 11.3 Å². The van der Waals surface area contributed by atoms with Gasteiger partial charge in [-0.25, -0.2) is 0 Å². The third-order valence-electron chi connectivity index (χ3n) is 4.66. The monoisotopic (exact) mass is 294 g/mol. The van der Waals surface area contributed by atoms with Gasteiger partial charge in [-0.1, -0.05) is 76.2 Å². The number of hydrogen-bond acceptors (Lipinski definition) is 2. The van der Waals surface area contributed by atoms with E-state index in [1.54, 1.807) is 0 Å². The largest absolute Gasteiger partial charge is 0.452 e. The first-order valence-electron chi connectivity index (χ1n) is 7.78. The van der Waals surface area contributed by atoms with Gasteiger partial charge in [0, 0.05) is 11.1 Å². The molecule has 1 atom stereocenters. The first-order valence-corrected chi connectivity index (χ1v) is 7.78. The van der Waals surface area contributed by atoms with Gasteiger partial charge >= 0.3 is 5.97 Å². The van der Waals surface area contributed by atoms with Gasteiger partial charge < -0.3 is 4.74 Å². The Hall–Kier alpha value is -2.09. The van der Waals surface area contributed by atoms with Gasteiger partial charge in [0.15, 0.2) is 6.10 Å². The summed E-state index contributed by atoms with van der Waals surface area (Å²) in [5, 5.41) is 0. The Labute approximate surface area is 132 Å². The van der Waals surface area contributed by atoms with Crippen molar-refractivity contribution in [2.45, 2.75) is 33.8 Å². The van der Waals surface area contributed by atoms with Gasteiger partial charge in [-0.3, -0.25) is 4.79 Å².